The lowest BCUT2D eigenvalue weighted by Gasteiger charge is -2.21. The van der Waals surface area contributed by atoms with Crippen LogP contribution in [-0.4, -0.2) is 31.0 Å². The molecule has 1 heterocycles. The minimum absolute atomic E-state index is 0.179. The van der Waals surface area contributed by atoms with Crippen LogP contribution in [0.25, 0.3) is 0 Å². The van der Waals surface area contributed by atoms with E-state index in [9.17, 15) is 18.0 Å². The van der Waals surface area contributed by atoms with Gasteiger partial charge < -0.3 is 10.2 Å². The number of halogens is 3. The van der Waals surface area contributed by atoms with E-state index in [0.717, 1.165) is 0 Å². The van der Waals surface area contributed by atoms with E-state index >= 15 is 0 Å². The first kappa shape index (κ1) is 13.3. The summed E-state index contributed by atoms with van der Waals surface area (Å²) in [4.78, 5) is 15.5. The molecule has 1 rings (SSSR count). The highest BCUT2D eigenvalue weighted by Gasteiger charge is 2.18. The molecule has 0 fully saturated rings. The Morgan fingerprint density at radius 1 is 1.41 bits per heavy atom. The Bertz CT molecular complexity index is 426. The number of hydrogen-bond donors (Lipinski definition) is 1. The van der Waals surface area contributed by atoms with Crippen LogP contribution in [0.5, 0.6) is 0 Å². The fourth-order valence-corrected chi connectivity index (χ4v) is 1.25. The zero-order valence-electron chi connectivity index (χ0n) is 9.43. The van der Waals surface area contributed by atoms with E-state index in [1.165, 1.54) is 11.9 Å². The van der Waals surface area contributed by atoms with E-state index in [1.807, 2.05) is 0 Å². The average molecular weight is 247 g/mol. The molecule has 0 unspecified atom stereocenters. The van der Waals surface area contributed by atoms with Gasteiger partial charge in [0.05, 0.1) is 6.54 Å². The quantitative estimate of drug-likeness (QED) is 0.809. The van der Waals surface area contributed by atoms with Crippen LogP contribution in [0.4, 0.5) is 19.0 Å². The van der Waals surface area contributed by atoms with E-state index in [-0.39, 0.29) is 24.8 Å². The lowest BCUT2D eigenvalue weighted by Crippen LogP contribution is -2.36. The molecule has 0 aliphatic rings. The molecule has 17 heavy (non-hydrogen) atoms. The molecule has 0 saturated carbocycles. The van der Waals surface area contributed by atoms with Gasteiger partial charge in [0.15, 0.2) is 17.5 Å². The van der Waals surface area contributed by atoms with Crippen LogP contribution in [0, 0.1) is 17.6 Å². The number of carbonyl (C=O) groups is 1. The Morgan fingerprint density at radius 3 is 2.59 bits per heavy atom. The fourth-order valence-electron chi connectivity index (χ4n) is 1.25. The summed E-state index contributed by atoms with van der Waals surface area (Å²) in [6, 6.07) is 0.407. The summed E-state index contributed by atoms with van der Waals surface area (Å²) in [6.07, 6.45) is 0. The maximum Gasteiger partial charge on any atom is 0.251 e. The number of hydrogen-bond acceptors (Lipinski definition) is 3. The zero-order valence-corrected chi connectivity index (χ0v) is 9.43. The number of rotatable bonds is 4. The monoisotopic (exact) mass is 247 g/mol. The smallest absolute Gasteiger partial charge is 0.251 e. The third kappa shape index (κ3) is 3.08. The maximum absolute atomic E-state index is 13.4. The molecule has 0 aliphatic heterocycles. The molecule has 0 bridgehead atoms. The van der Waals surface area contributed by atoms with E-state index in [1.54, 1.807) is 6.92 Å². The SMILES string of the molecule is CCN(CC(=O)NC)c1nc(F)c(F)cc1F. The van der Waals surface area contributed by atoms with Crippen molar-refractivity contribution in [3.63, 3.8) is 0 Å². The maximum atomic E-state index is 13.4. The molecule has 0 spiro atoms. The highest BCUT2D eigenvalue weighted by molar-refractivity contribution is 5.80. The second-order valence-electron chi connectivity index (χ2n) is 3.25. The summed E-state index contributed by atoms with van der Waals surface area (Å²) in [6.45, 7) is 1.70. The molecule has 1 amide bonds. The summed E-state index contributed by atoms with van der Waals surface area (Å²) in [7, 11) is 1.42. The largest absolute Gasteiger partial charge is 0.358 e. The van der Waals surface area contributed by atoms with Crippen molar-refractivity contribution >= 4 is 11.7 Å². The number of nitrogens with zero attached hydrogens (tertiary/aromatic N) is 2. The Morgan fingerprint density at radius 2 is 2.06 bits per heavy atom. The van der Waals surface area contributed by atoms with Gasteiger partial charge in [-0.3, -0.25) is 4.79 Å². The van der Waals surface area contributed by atoms with Gasteiger partial charge >= 0.3 is 0 Å². The highest BCUT2D eigenvalue weighted by Crippen LogP contribution is 2.18. The van der Waals surface area contributed by atoms with Crippen molar-refractivity contribution in [3.05, 3.63) is 23.6 Å². The molecule has 0 saturated heterocycles. The summed E-state index contributed by atoms with van der Waals surface area (Å²) in [5, 5.41) is 2.35. The molecular weight excluding hydrogens is 235 g/mol. The molecule has 0 aliphatic carbocycles. The predicted molar refractivity (Wildman–Crippen MR) is 56.1 cm³/mol. The number of nitrogens with one attached hydrogen (secondary N) is 1. The predicted octanol–water partition coefficient (Wildman–Crippen LogP) is 1.07. The molecule has 0 atom stereocenters. The van der Waals surface area contributed by atoms with Gasteiger partial charge in [-0.15, -0.1) is 0 Å². The van der Waals surface area contributed by atoms with Crippen LogP contribution in [0.15, 0.2) is 6.07 Å². The Balaban J connectivity index is 3.03. The Hall–Kier alpha value is -1.79. The minimum atomic E-state index is -1.39. The first-order chi connectivity index (χ1) is 7.99. The topological polar surface area (TPSA) is 45.2 Å². The number of aromatic nitrogens is 1. The summed E-state index contributed by atoms with van der Waals surface area (Å²) in [5.41, 5.74) is 0. The average Bonchev–Trinajstić information content (AvgIpc) is 2.30. The molecule has 1 N–H and O–H groups in total. The molecule has 1 aromatic rings. The normalized spacial score (nSPS) is 10.2. The fraction of sp³-hybridized carbons (Fsp3) is 0.400. The van der Waals surface area contributed by atoms with Crippen LogP contribution in [0.3, 0.4) is 0 Å². The molecule has 0 radical (unpaired) electrons. The van der Waals surface area contributed by atoms with Crippen LogP contribution < -0.4 is 10.2 Å². The second kappa shape index (κ2) is 5.51. The van der Waals surface area contributed by atoms with E-state index in [4.69, 9.17) is 0 Å². The highest BCUT2D eigenvalue weighted by atomic mass is 19.2. The number of pyridine rings is 1. The number of anilines is 1. The second-order valence-corrected chi connectivity index (χ2v) is 3.25. The molecule has 7 heteroatoms. The van der Waals surface area contributed by atoms with Crippen LogP contribution in [0.1, 0.15) is 6.92 Å². The van der Waals surface area contributed by atoms with Gasteiger partial charge in [-0.05, 0) is 6.92 Å². The number of amides is 1. The Kier molecular flexibility index (Phi) is 4.30. The number of likely N-dealkylation sites (N-methyl/N-ethyl adjacent to an activating group) is 2. The minimum Gasteiger partial charge on any atom is -0.358 e. The van der Waals surface area contributed by atoms with Gasteiger partial charge in [0.1, 0.15) is 0 Å². The molecule has 1 aromatic heterocycles. The summed E-state index contributed by atoms with van der Waals surface area (Å²) >= 11 is 0. The van der Waals surface area contributed by atoms with Gasteiger partial charge in [0.25, 0.3) is 5.95 Å². The number of carbonyl (C=O) groups excluding carboxylic acids is 1. The van der Waals surface area contributed by atoms with Crippen molar-refractivity contribution in [2.45, 2.75) is 6.92 Å². The van der Waals surface area contributed by atoms with Crippen molar-refractivity contribution in [1.82, 2.24) is 10.3 Å². The third-order valence-corrected chi connectivity index (χ3v) is 2.16. The lowest BCUT2D eigenvalue weighted by atomic mass is 10.3. The zero-order chi connectivity index (χ0) is 13.0. The van der Waals surface area contributed by atoms with Crippen molar-refractivity contribution in [3.8, 4) is 0 Å². The van der Waals surface area contributed by atoms with Gasteiger partial charge in [-0.25, -0.2) is 8.78 Å². The molecule has 94 valence electrons. The van der Waals surface area contributed by atoms with Crippen molar-refractivity contribution in [1.29, 1.82) is 0 Å². The first-order valence-corrected chi connectivity index (χ1v) is 4.96. The third-order valence-electron chi connectivity index (χ3n) is 2.16. The van der Waals surface area contributed by atoms with Crippen molar-refractivity contribution in [2.75, 3.05) is 25.0 Å². The van der Waals surface area contributed by atoms with E-state index in [0.29, 0.717) is 6.07 Å². The Labute approximate surface area is 96.4 Å². The van der Waals surface area contributed by atoms with Crippen molar-refractivity contribution < 1.29 is 18.0 Å². The van der Waals surface area contributed by atoms with Crippen LogP contribution in [0.2, 0.25) is 0 Å². The molecule has 4 nitrogen and oxygen atoms in total. The summed E-state index contributed by atoms with van der Waals surface area (Å²) < 4.78 is 39.0. The molecule has 0 aromatic carbocycles. The van der Waals surface area contributed by atoms with Crippen LogP contribution in [-0.2, 0) is 4.79 Å². The van der Waals surface area contributed by atoms with Gasteiger partial charge in [-0.1, -0.05) is 0 Å². The van der Waals surface area contributed by atoms with Gasteiger partial charge in [-0.2, -0.15) is 9.37 Å². The van der Waals surface area contributed by atoms with E-state index in [2.05, 4.69) is 10.3 Å². The van der Waals surface area contributed by atoms with Gasteiger partial charge in [0.2, 0.25) is 5.91 Å². The van der Waals surface area contributed by atoms with Gasteiger partial charge in [0, 0.05) is 19.7 Å². The van der Waals surface area contributed by atoms with Crippen LogP contribution >= 0.6 is 0 Å². The summed E-state index contributed by atoms with van der Waals surface area (Å²) in [5.74, 6) is -4.51. The molecular formula is C10H12F3N3O. The van der Waals surface area contributed by atoms with E-state index < -0.39 is 17.6 Å². The first-order valence-electron chi connectivity index (χ1n) is 4.96. The lowest BCUT2D eigenvalue weighted by molar-refractivity contribution is -0.119. The standard InChI is InChI=1S/C10H12F3N3O/c1-3-16(5-8(17)14-2)10-7(12)4-6(11)9(13)15-10/h4H,3,5H2,1-2H3,(H,14,17). The van der Waals surface area contributed by atoms with Crippen molar-refractivity contribution in [2.24, 2.45) is 0 Å².